The largest absolute Gasteiger partial charge is 1.00 e. The van der Waals surface area contributed by atoms with E-state index in [1.54, 1.807) is 0 Å². The van der Waals surface area contributed by atoms with Gasteiger partial charge in [0, 0.05) is 32.7 Å². The molecule has 0 aliphatic heterocycles. The van der Waals surface area contributed by atoms with E-state index in [0.29, 0.717) is 38.9 Å². The van der Waals surface area contributed by atoms with Crippen molar-refractivity contribution in [2.75, 3.05) is 52.5 Å². The van der Waals surface area contributed by atoms with E-state index in [1.165, 1.54) is 21.5 Å². The fraction of sp³-hybridized carbons (Fsp3) is 0.574. The molecule has 0 atom stereocenters. The van der Waals surface area contributed by atoms with E-state index < -0.39 is 69.9 Å². The van der Waals surface area contributed by atoms with Gasteiger partial charge in [-0.25, -0.2) is 38.6 Å². The van der Waals surface area contributed by atoms with Gasteiger partial charge in [-0.2, -0.15) is 39.5 Å². The summed E-state index contributed by atoms with van der Waals surface area (Å²) in [4.78, 5) is 0. The maximum Gasteiger partial charge on any atom is 1.00 e. The first kappa shape index (κ1) is 80.4. The minimum absolute atomic E-state index is 0. The van der Waals surface area contributed by atoms with Crippen LogP contribution in [0.25, 0.3) is 21.5 Å². The molecule has 4 aromatic carbocycles. The molecule has 0 heterocycles. The quantitative estimate of drug-likeness (QED) is 0.0369. The van der Waals surface area contributed by atoms with E-state index in [9.17, 15) is 39.5 Å². The van der Waals surface area contributed by atoms with Crippen LogP contribution in [0.4, 0.5) is 39.5 Å². The first-order valence-electron chi connectivity index (χ1n) is 22.6. The zero-order valence-electron chi connectivity index (χ0n) is 41.6. The Morgan fingerprint density at radius 3 is 0.849 bits per heavy atom. The molecule has 0 aliphatic carbocycles. The van der Waals surface area contributed by atoms with E-state index in [2.05, 4.69) is 111 Å². The molecule has 416 valence electrons. The summed E-state index contributed by atoms with van der Waals surface area (Å²) in [5, 5.41) is 13.6. The molecule has 0 radical (unpaired) electrons. The molecule has 26 heteroatoms. The number of hydrogen-bond donors (Lipinski definition) is 1. The van der Waals surface area contributed by atoms with E-state index >= 15 is 0 Å². The molecule has 0 spiro atoms. The smallest absolute Gasteiger partial charge is 0.748 e. The Labute approximate surface area is 466 Å². The Bertz CT molecular complexity index is 1780. The predicted octanol–water partition coefficient (Wildman–Crippen LogP) is 11.7. The molecule has 4 rings (SSSR count). The van der Waals surface area contributed by atoms with Crippen LogP contribution in [-0.4, -0.2) is 113 Å². The van der Waals surface area contributed by atoms with Crippen LogP contribution >= 0.6 is 30.1 Å². The Morgan fingerprint density at radius 1 is 0.493 bits per heavy atom. The van der Waals surface area contributed by atoms with Crippen molar-refractivity contribution in [3.8, 4) is 0 Å². The summed E-state index contributed by atoms with van der Waals surface area (Å²) in [6.45, 7) is 4.90. The molecule has 0 aliphatic rings. The number of alkyl halides is 9. The summed E-state index contributed by atoms with van der Waals surface area (Å²) in [6.07, 6.45) is -3.71. The summed E-state index contributed by atoms with van der Waals surface area (Å²) >= 11 is -1.72. The van der Waals surface area contributed by atoms with Gasteiger partial charge < -0.3 is 23.9 Å². The predicted molar refractivity (Wildman–Crippen MR) is 270 cm³/mol. The van der Waals surface area contributed by atoms with Crippen LogP contribution in [0.15, 0.2) is 97.1 Å². The Hall–Kier alpha value is -1.46. The third kappa shape index (κ3) is 79.6. The third-order valence-corrected chi connectivity index (χ3v) is 8.14. The van der Waals surface area contributed by atoms with Gasteiger partial charge in [-0.3, -0.25) is 0 Å². The van der Waals surface area contributed by atoms with Crippen LogP contribution < -0.4 is 29.6 Å². The molecule has 0 fully saturated rings. The molecule has 1 N–H and O–H groups in total. The fourth-order valence-corrected chi connectivity index (χ4v) is 4.89. The number of hydrogen-bond acceptors (Lipinski definition) is 10. The monoisotopic (exact) mass is 1180 g/mol. The minimum atomic E-state index is -4.12. The van der Waals surface area contributed by atoms with E-state index in [4.69, 9.17) is 75.1 Å². The first-order chi connectivity index (χ1) is 33.6. The summed E-state index contributed by atoms with van der Waals surface area (Å²) in [7, 11) is 7.81. The van der Waals surface area contributed by atoms with Crippen molar-refractivity contribution in [3.63, 3.8) is 0 Å². The molecular weight excluding hydrogens is 1120 g/mol. The molecule has 4 aromatic rings. The molecule has 0 aromatic heterocycles. The zero-order valence-corrected chi connectivity index (χ0v) is 48.7. The molecule has 10 nitrogen and oxygen atoms in total. The molecule has 0 amide bonds. The molecule has 0 saturated carbocycles. The summed E-state index contributed by atoms with van der Waals surface area (Å²) in [5.74, 6) is 0. The summed E-state index contributed by atoms with van der Waals surface area (Å²) in [6, 6.07) is 33.4. The van der Waals surface area contributed by atoms with E-state index in [0.717, 1.165) is 57.8 Å². The molecule has 73 heavy (non-hydrogen) atoms. The van der Waals surface area contributed by atoms with Gasteiger partial charge in [-0.15, -0.1) is 12.6 Å². The van der Waals surface area contributed by atoms with Crippen molar-refractivity contribution in [3.05, 3.63) is 97.1 Å². The molecule has 0 bridgehead atoms. The third-order valence-electron chi connectivity index (χ3n) is 8.14. The van der Waals surface area contributed by atoms with Gasteiger partial charge in [-0.05, 0) is 53.6 Å². The average Bonchev–Trinajstić information content (AvgIpc) is 3.27. The maximum atomic E-state index is 11.6. The second-order valence-electron chi connectivity index (χ2n) is 14.7. The van der Waals surface area contributed by atoms with Crippen molar-refractivity contribution in [2.45, 2.75) is 122 Å². The fourth-order valence-electron chi connectivity index (χ4n) is 4.89. The van der Waals surface area contributed by atoms with Gasteiger partial charge in [0.15, 0.2) is 0 Å². The SMILES string of the molecule is CCCCCCOCCC(F)(F)F.CCCCCCOCCC(F)(F)F.CS(=O)(=O)[O-].O=S(=O)=O.OCCCCCOCCC(F)(F)F.[Cl][Al]([Cl])[Cl].[Na+].c1ccc2ccccc2c1.c1ccc2ccccc2c1. The van der Waals surface area contributed by atoms with Crippen LogP contribution in [0.2, 0.25) is 0 Å². The number of aliphatic hydroxyl groups is 1. The Kier molecular flexibility index (Phi) is 57.9. The van der Waals surface area contributed by atoms with E-state index in [1.807, 2.05) is 0 Å². The van der Waals surface area contributed by atoms with Crippen molar-refractivity contribution in [2.24, 2.45) is 0 Å². The van der Waals surface area contributed by atoms with E-state index in [-0.39, 0.29) is 56.0 Å². The first-order valence-corrected chi connectivity index (χ1v) is 30.7. The molecular formula is C47H68AlCl3F9NaO10S2. The van der Waals surface area contributed by atoms with Crippen molar-refractivity contribution < 1.29 is 114 Å². The van der Waals surface area contributed by atoms with Crippen LogP contribution in [0.1, 0.15) is 104 Å². The second kappa shape index (κ2) is 52.6. The van der Waals surface area contributed by atoms with Crippen molar-refractivity contribution in [1.82, 2.24) is 0 Å². The normalized spacial score (nSPS) is 10.6. The summed E-state index contributed by atoms with van der Waals surface area (Å²) < 4.78 is 171. The standard InChI is InChI=1S/2C10H8.2C9H17F3O.C8H15F3O2.CH4O3S.Al.3ClH.Na.O3S/c2*1-2-6-10-8-4-3-7-9(10)5-1;2*1-2-3-4-5-7-13-8-6-9(10,11)12;9-8(10,11)4-7-13-6-3-1-2-5-12;1-5(2,3)4;;;;;;1-4(2)3/h2*1-8H;2*2-8H2,1H3;12H,1-7H2;1H3,(H,2,3,4);;3*1H;;/q;;;;;;+3;;;;+1;/p-4. The van der Waals surface area contributed by atoms with Gasteiger partial charge in [0.25, 0.3) is 0 Å². The van der Waals surface area contributed by atoms with Gasteiger partial charge in [0.05, 0.1) is 49.2 Å². The number of aliphatic hydroxyl groups excluding tert-OH is 1. The molecule has 0 unspecified atom stereocenters. The van der Waals surface area contributed by atoms with Crippen molar-refractivity contribution >= 4 is 83.8 Å². The van der Waals surface area contributed by atoms with Crippen LogP contribution in [0, 0.1) is 0 Å². The number of unbranched alkanes of at least 4 members (excludes halogenated alkanes) is 8. The van der Waals surface area contributed by atoms with Crippen molar-refractivity contribution in [1.29, 1.82) is 0 Å². The number of ether oxygens (including phenoxy) is 3. The Balaban J connectivity index is -0.000000248. The maximum absolute atomic E-state index is 11.6. The minimum Gasteiger partial charge on any atom is -0.748 e. The number of halogens is 12. The van der Waals surface area contributed by atoms with Gasteiger partial charge in [-0.1, -0.05) is 149 Å². The van der Waals surface area contributed by atoms with Gasteiger partial charge >= 0.3 is 70.1 Å². The zero-order chi connectivity index (χ0) is 55.7. The topological polar surface area (TPSA) is 156 Å². The van der Waals surface area contributed by atoms with Gasteiger partial charge in [0.2, 0.25) is 0 Å². The molecule has 0 saturated heterocycles. The van der Waals surface area contributed by atoms with Gasteiger partial charge in [0.1, 0.15) is 0 Å². The Morgan fingerprint density at radius 2 is 0.685 bits per heavy atom. The number of benzene rings is 4. The second-order valence-corrected chi connectivity index (χ2v) is 22.9. The van der Waals surface area contributed by atoms with Crippen LogP contribution in [0.5, 0.6) is 0 Å². The summed E-state index contributed by atoms with van der Waals surface area (Å²) in [5.41, 5.74) is 0. The number of rotatable bonds is 21. The van der Waals surface area contributed by atoms with Crippen LogP contribution in [-0.2, 0) is 34.9 Å². The van der Waals surface area contributed by atoms with Crippen LogP contribution in [0.3, 0.4) is 0 Å². The average molecular weight is 1180 g/mol. The number of fused-ring (bicyclic) bond motifs is 2.